The van der Waals surface area contributed by atoms with E-state index >= 15 is 0 Å². The summed E-state index contributed by atoms with van der Waals surface area (Å²) in [5.41, 5.74) is 1.23. The number of halogens is 1. The summed E-state index contributed by atoms with van der Waals surface area (Å²) < 4.78 is 26.8. The van der Waals surface area contributed by atoms with Crippen LogP contribution in [0.2, 0.25) is 5.02 Å². The Hall–Kier alpha value is -2.63. The van der Waals surface area contributed by atoms with Crippen molar-refractivity contribution in [2.45, 2.75) is 11.8 Å². The van der Waals surface area contributed by atoms with Crippen LogP contribution in [0.4, 0.5) is 11.5 Å². The van der Waals surface area contributed by atoms with E-state index in [0.717, 1.165) is 4.31 Å². The molecule has 1 aromatic carbocycles. The maximum Gasteiger partial charge on any atom is 0.266 e. The van der Waals surface area contributed by atoms with E-state index in [9.17, 15) is 13.2 Å². The molecular formula is C15H11ClN4O3S. The lowest BCUT2D eigenvalue weighted by molar-refractivity contribution is -0.115. The first kappa shape index (κ1) is 16.2. The van der Waals surface area contributed by atoms with Gasteiger partial charge in [-0.3, -0.25) is 4.79 Å². The Morgan fingerprint density at radius 3 is 2.79 bits per heavy atom. The Kier molecular flexibility index (Phi) is 3.91. The number of hydrogen-bond donors (Lipinski definition) is 1. The molecule has 0 saturated carbocycles. The van der Waals surface area contributed by atoms with Crippen LogP contribution >= 0.6 is 11.6 Å². The van der Waals surface area contributed by atoms with Crippen LogP contribution < -0.4 is 9.62 Å². The van der Waals surface area contributed by atoms with Crippen LogP contribution in [-0.2, 0) is 14.8 Å². The number of aromatic nitrogens is 1. The summed E-state index contributed by atoms with van der Waals surface area (Å²) in [6, 6.07) is 7.34. The highest BCUT2D eigenvalue weighted by Gasteiger charge is 2.34. The van der Waals surface area contributed by atoms with E-state index in [1.54, 1.807) is 13.0 Å². The highest BCUT2D eigenvalue weighted by molar-refractivity contribution is 7.92. The summed E-state index contributed by atoms with van der Waals surface area (Å²) in [4.78, 5) is 15.9. The molecule has 1 aliphatic rings. The molecule has 0 aliphatic carbocycles. The van der Waals surface area contributed by atoms with Crippen molar-refractivity contribution < 1.29 is 13.2 Å². The second kappa shape index (κ2) is 5.78. The minimum absolute atomic E-state index is 0.0254. The molecule has 0 unspecified atom stereocenters. The van der Waals surface area contributed by atoms with E-state index in [1.807, 2.05) is 6.07 Å². The van der Waals surface area contributed by atoms with Gasteiger partial charge in [-0.15, -0.1) is 0 Å². The number of rotatable bonds is 2. The van der Waals surface area contributed by atoms with Crippen molar-refractivity contribution in [3.63, 3.8) is 0 Å². The molecule has 1 aliphatic heterocycles. The second-order valence-electron chi connectivity index (χ2n) is 5.14. The van der Waals surface area contributed by atoms with Crippen LogP contribution in [0.3, 0.4) is 0 Å². The first-order valence-corrected chi connectivity index (χ1v) is 8.64. The molecule has 1 amide bonds. The molecule has 0 bridgehead atoms. The molecule has 1 N–H and O–H groups in total. The smallest absolute Gasteiger partial charge is 0.266 e. The fraction of sp³-hybridized carbons (Fsp3) is 0.133. The number of pyridine rings is 1. The van der Waals surface area contributed by atoms with Crippen LogP contribution in [0.25, 0.3) is 0 Å². The standard InChI is InChI=1S/C15H11ClN4O3S/c1-9-4-5-18-15-14(9)19-13(21)8-20(15)24(22,23)11-3-2-10(7-17)12(16)6-11/h2-6H,8H2,1H3,(H,19,21). The molecule has 1 aromatic heterocycles. The zero-order chi connectivity index (χ0) is 17.5. The summed E-state index contributed by atoms with van der Waals surface area (Å²) in [5.74, 6) is -0.308. The molecule has 122 valence electrons. The molecule has 0 fully saturated rings. The largest absolute Gasteiger partial charge is 0.321 e. The van der Waals surface area contributed by atoms with Gasteiger partial charge < -0.3 is 5.32 Å². The summed E-state index contributed by atoms with van der Waals surface area (Å²) in [6.45, 7) is 1.36. The SMILES string of the molecule is Cc1ccnc2c1NC(=O)CN2S(=O)(=O)c1ccc(C#N)c(Cl)c1. The lowest BCUT2D eigenvalue weighted by Gasteiger charge is -2.29. The number of fused-ring (bicyclic) bond motifs is 1. The average Bonchev–Trinajstić information content (AvgIpc) is 2.55. The Bertz CT molecular complexity index is 998. The second-order valence-corrected chi connectivity index (χ2v) is 7.41. The van der Waals surface area contributed by atoms with Crippen molar-refractivity contribution in [2.24, 2.45) is 0 Å². The van der Waals surface area contributed by atoms with Gasteiger partial charge in [-0.05, 0) is 36.8 Å². The topological polar surface area (TPSA) is 103 Å². The van der Waals surface area contributed by atoms with E-state index in [0.29, 0.717) is 11.3 Å². The highest BCUT2D eigenvalue weighted by atomic mass is 35.5. The average molecular weight is 363 g/mol. The Morgan fingerprint density at radius 2 is 2.12 bits per heavy atom. The van der Waals surface area contributed by atoms with Crippen LogP contribution in [0.5, 0.6) is 0 Å². The van der Waals surface area contributed by atoms with Crippen molar-refractivity contribution in [1.29, 1.82) is 5.26 Å². The van der Waals surface area contributed by atoms with Gasteiger partial charge in [0.25, 0.3) is 10.0 Å². The molecule has 3 rings (SSSR count). The van der Waals surface area contributed by atoms with Crippen LogP contribution in [0.1, 0.15) is 11.1 Å². The minimum Gasteiger partial charge on any atom is -0.321 e. The van der Waals surface area contributed by atoms with Gasteiger partial charge in [-0.25, -0.2) is 17.7 Å². The first-order valence-electron chi connectivity index (χ1n) is 6.82. The summed E-state index contributed by atoms with van der Waals surface area (Å²) in [5, 5.41) is 11.6. The third kappa shape index (κ3) is 2.58. The molecular weight excluding hydrogens is 352 g/mol. The molecule has 0 radical (unpaired) electrons. The molecule has 24 heavy (non-hydrogen) atoms. The maximum atomic E-state index is 12.9. The quantitative estimate of drug-likeness (QED) is 0.880. The number of anilines is 2. The number of nitrogens with one attached hydrogen (secondary N) is 1. The lowest BCUT2D eigenvalue weighted by Crippen LogP contribution is -2.42. The monoisotopic (exact) mass is 362 g/mol. The Balaban J connectivity index is 2.15. The number of hydrogen-bond acceptors (Lipinski definition) is 5. The Morgan fingerprint density at radius 1 is 1.38 bits per heavy atom. The number of amides is 1. The van der Waals surface area contributed by atoms with E-state index < -0.39 is 15.9 Å². The van der Waals surface area contributed by atoms with Gasteiger partial charge in [-0.1, -0.05) is 11.6 Å². The van der Waals surface area contributed by atoms with Crippen molar-refractivity contribution in [1.82, 2.24) is 4.98 Å². The third-order valence-electron chi connectivity index (χ3n) is 3.58. The summed E-state index contributed by atoms with van der Waals surface area (Å²) in [6.07, 6.45) is 1.47. The van der Waals surface area contributed by atoms with Gasteiger partial charge in [0.05, 0.1) is 21.2 Å². The van der Waals surface area contributed by atoms with Gasteiger partial charge in [0.15, 0.2) is 5.82 Å². The fourth-order valence-electron chi connectivity index (χ4n) is 2.34. The molecule has 0 atom stereocenters. The van der Waals surface area contributed by atoms with Crippen LogP contribution in [0.15, 0.2) is 35.4 Å². The number of carbonyl (C=O) groups is 1. The van der Waals surface area contributed by atoms with Crippen molar-refractivity contribution >= 4 is 39.0 Å². The molecule has 2 heterocycles. The van der Waals surface area contributed by atoms with Gasteiger partial charge >= 0.3 is 0 Å². The highest BCUT2D eigenvalue weighted by Crippen LogP contribution is 2.34. The van der Waals surface area contributed by atoms with E-state index in [4.69, 9.17) is 16.9 Å². The number of benzene rings is 1. The third-order valence-corrected chi connectivity index (χ3v) is 5.62. The predicted octanol–water partition coefficient (Wildman–Crippen LogP) is 2.06. The van der Waals surface area contributed by atoms with Gasteiger partial charge in [0, 0.05) is 6.20 Å². The van der Waals surface area contributed by atoms with Crippen molar-refractivity contribution in [3.8, 4) is 6.07 Å². The number of sulfonamides is 1. The lowest BCUT2D eigenvalue weighted by atomic mass is 10.2. The molecule has 2 aromatic rings. The van der Waals surface area contributed by atoms with Crippen LogP contribution in [0, 0.1) is 18.3 Å². The number of nitrogens with zero attached hydrogens (tertiary/aromatic N) is 3. The van der Waals surface area contributed by atoms with Crippen molar-refractivity contribution in [2.75, 3.05) is 16.2 Å². The molecule has 7 nitrogen and oxygen atoms in total. The van der Waals surface area contributed by atoms with E-state index in [2.05, 4.69) is 10.3 Å². The van der Waals surface area contributed by atoms with Crippen LogP contribution in [-0.4, -0.2) is 25.9 Å². The zero-order valence-electron chi connectivity index (χ0n) is 12.4. The van der Waals surface area contributed by atoms with Crippen molar-refractivity contribution in [3.05, 3.63) is 46.6 Å². The van der Waals surface area contributed by atoms with E-state index in [1.165, 1.54) is 24.4 Å². The predicted molar refractivity (Wildman–Crippen MR) is 88.3 cm³/mol. The first-order chi connectivity index (χ1) is 11.3. The Labute approximate surface area is 143 Å². The summed E-state index contributed by atoms with van der Waals surface area (Å²) in [7, 11) is -4.06. The van der Waals surface area contributed by atoms with E-state index in [-0.39, 0.29) is 27.8 Å². The summed E-state index contributed by atoms with van der Waals surface area (Å²) >= 11 is 5.93. The zero-order valence-corrected chi connectivity index (χ0v) is 14.0. The van der Waals surface area contributed by atoms with Gasteiger partial charge in [0.1, 0.15) is 12.6 Å². The van der Waals surface area contributed by atoms with Gasteiger partial charge in [-0.2, -0.15) is 5.26 Å². The maximum absolute atomic E-state index is 12.9. The van der Waals surface area contributed by atoms with Gasteiger partial charge in [0.2, 0.25) is 5.91 Å². The normalized spacial score (nSPS) is 13.9. The minimum atomic E-state index is -4.06. The molecule has 0 spiro atoms. The molecule has 0 saturated heterocycles. The fourth-order valence-corrected chi connectivity index (χ4v) is 4.05. The number of aryl methyl sites for hydroxylation is 1. The number of nitriles is 1. The number of carbonyl (C=O) groups excluding carboxylic acids is 1. The molecule has 9 heteroatoms.